The van der Waals surface area contributed by atoms with Crippen LogP contribution < -0.4 is 10.6 Å². The van der Waals surface area contributed by atoms with E-state index in [1.807, 2.05) is 4.90 Å². The van der Waals surface area contributed by atoms with Gasteiger partial charge in [0.15, 0.2) is 5.96 Å². The molecular weight excluding hydrogens is 455 g/mol. The second-order valence-electron chi connectivity index (χ2n) is 8.27. The molecule has 1 aliphatic heterocycles. The van der Waals surface area contributed by atoms with Gasteiger partial charge in [0.2, 0.25) is 5.91 Å². The first-order valence-corrected chi connectivity index (χ1v) is 10.5. The number of aliphatic hydroxyl groups excluding tert-OH is 1. The summed E-state index contributed by atoms with van der Waals surface area (Å²) in [5.41, 5.74) is -0.180. The smallest absolute Gasteiger partial charge is 0.225 e. The fraction of sp³-hybridized carbons (Fsp3) is 0.900. The van der Waals surface area contributed by atoms with Crippen molar-refractivity contribution in [1.29, 1.82) is 0 Å². The Morgan fingerprint density at radius 1 is 1.22 bits per heavy atom. The van der Waals surface area contributed by atoms with Crippen molar-refractivity contribution in [3.8, 4) is 0 Å². The highest BCUT2D eigenvalue weighted by atomic mass is 127. The van der Waals surface area contributed by atoms with Gasteiger partial charge in [-0.2, -0.15) is 0 Å². The van der Waals surface area contributed by atoms with Crippen molar-refractivity contribution in [1.82, 2.24) is 15.5 Å². The van der Waals surface area contributed by atoms with E-state index in [0.717, 1.165) is 51.3 Å². The Labute approximate surface area is 182 Å². The molecule has 1 heterocycles. The highest BCUT2D eigenvalue weighted by Crippen LogP contribution is 2.27. The van der Waals surface area contributed by atoms with E-state index in [2.05, 4.69) is 36.4 Å². The molecule has 1 saturated carbocycles. The van der Waals surface area contributed by atoms with Gasteiger partial charge in [0.1, 0.15) is 0 Å². The number of nitrogens with one attached hydrogen (secondary N) is 2. The highest BCUT2D eigenvalue weighted by molar-refractivity contribution is 14.0. The van der Waals surface area contributed by atoms with Gasteiger partial charge >= 0.3 is 0 Å². The van der Waals surface area contributed by atoms with Crippen LogP contribution in [-0.2, 0) is 4.79 Å². The number of carbonyl (C=O) groups is 1. The number of halogens is 1. The lowest BCUT2D eigenvalue weighted by Crippen LogP contribution is -2.46. The minimum atomic E-state index is -0.180. The zero-order valence-corrected chi connectivity index (χ0v) is 19.6. The lowest BCUT2D eigenvalue weighted by molar-refractivity contribution is -0.135. The van der Waals surface area contributed by atoms with E-state index < -0.39 is 0 Å². The number of amides is 1. The van der Waals surface area contributed by atoms with E-state index in [4.69, 9.17) is 0 Å². The molecule has 27 heavy (non-hydrogen) atoms. The second kappa shape index (κ2) is 12.1. The zero-order chi connectivity index (χ0) is 19.0. The molecular formula is C20H39IN4O2. The average molecular weight is 494 g/mol. The third-order valence-corrected chi connectivity index (χ3v) is 5.99. The summed E-state index contributed by atoms with van der Waals surface area (Å²) in [6, 6.07) is 0.252. The summed E-state index contributed by atoms with van der Waals surface area (Å²) in [5, 5.41) is 16.4. The van der Waals surface area contributed by atoms with Crippen LogP contribution in [0.5, 0.6) is 0 Å². The molecule has 2 fully saturated rings. The monoisotopic (exact) mass is 494 g/mol. The molecule has 2 aliphatic rings. The van der Waals surface area contributed by atoms with Crippen LogP contribution in [0, 0.1) is 11.3 Å². The van der Waals surface area contributed by atoms with E-state index in [9.17, 15) is 9.90 Å². The highest BCUT2D eigenvalue weighted by Gasteiger charge is 2.32. The van der Waals surface area contributed by atoms with E-state index in [1.165, 1.54) is 19.3 Å². The van der Waals surface area contributed by atoms with Gasteiger partial charge in [0.05, 0.1) is 13.2 Å². The van der Waals surface area contributed by atoms with Crippen LogP contribution in [0.3, 0.4) is 0 Å². The number of aliphatic hydroxyl groups is 1. The maximum absolute atomic E-state index is 12.7. The Bertz CT molecular complexity index is 477. The van der Waals surface area contributed by atoms with E-state index in [0.29, 0.717) is 12.5 Å². The standard InChI is InChI=1S/C20H38N4O2.HI/c1-4-20(3,15-25)14-22-19(21-5-2)23-17-11-12-24(13-17)18(26)16-9-7-6-8-10-16;/h16-17,25H,4-15H2,1-3H3,(H2,21,22,23);1H. The normalized spacial score (nSPS) is 23.5. The predicted molar refractivity (Wildman–Crippen MR) is 122 cm³/mol. The summed E-state index contributed by atoms with van der Waals surface area (Å²) in [7, 11) is 0. The van der Waals surface area contributed by atoms with Gasteiger partial charge in [0.25, 0.3) is 0 Å². The van der Waals surface area contributed by atoms with Crippen molar-refractivity contribution < 1.29 is 9.90 Å². The van der Waals surface area contributed by atoms with Crippen LogP contribution in [0.2, 0.25) is 0 Å². The van der Waals surface area contributed by atoms with Crippen molar-refractivity contribution in [2.75, 3.05) is 32.8 Å². The first-order valence-electron chi connectivity index (χ1n) is 10.5. The van der Waals surface area contributed by atoms with Crippen molar-refractivity contribution in [3.63, 3.8) is 0 Å². The molecule has 0 aromatic carbocycles. The third kappa shape index (κ3) is 7.40. The largest absolute Gasteiger partial charge is 0.396 e. The molecule has 158 valence electrons. The molecule has 1 saturated heterocycles. The fourth-order valence-electron chi connectivity index (χ4n) is 3.74. The minimum absolute atomic E-state index is 0. The maximum atomic E-state index is 12.7. The molecule has 0 spiro atoms. The first-order chi connectivity index (χ1) is 12.5. The van der Waals surface area contributed by atoms with Crippen LogP contribution in [0.25, 0.3) is 0 Å². The van der Waals surface area contributed by atoms with E-state index in [-0.39, 0.29) is 48.0 Å². The number of hydrogen-bond acceptors (Lipinski definition) is 3. The molecule has 0 bridgehead atoms. The van der Waals surface area contributed by atoms with Crippen molar-refractivity contribution in [2.24, 2.45) is 16.3 Å². The first kappa shape index (κ1) is 24.5. The Balaban J connectivity index is 0.00000364. The number of likely N-dealkylation sites (tertiary alicyclic amines) is 1. The quantitative estimate of drug-likeness (QED) is 0.289. The van der Waals surface area contributed by atoms with E-state index in [1.54, 1.807) is 0 Å². The fourth-order valence-corrected chi connectivity index (χ4v) is 3.74. The summed E-state index contributed by atoms with van der Waals surface area (Å²) in [6.07, 6.45) is 7.66. The van der Waals surface area contributed by atoms with Gasteiger partial charge in [0, 0.05) is 37.0 Å². The maximum Gasteiger partial charge on any atom is 0.225 e. The lowest BCUT2D eigenvalue weighted by Gasteiger charge is -2.27. The molecule has 6 nitrogen and oxygen atoms in total. The molecule has 0 aromatic rings. The van der Waals surface area contributed by atoms with Gasteiger partial charge in [-0.25, -0.2) is 0 Å². The topological polar surface area (TPSA) is 77.0 Å². The summed E-state index contributed by atoms with van der Waals surface area (Å²) < 4.78 is 0. The minimum Gasteiger partial charge on any atom is -0.396 e. The molecule has 1 aliphatic carbocycles. The summed E-state index contributed by atoms with van der Waals surface area (Å²) >= 11 is 0. The van der Waals surface area contributed by atoms with Gasteiger partial charge < -0.3 is 20.6 Å². The summed E-state index contributed by atoms with van der Waals surface area (Å²) in [4.78, 5) is 19.4. The van der Waals surface area contributed by atoms with Crippen LogP contribution in [0.1, 0.15) is 65.7 Å². The molecule has 2 rings (SSSR count). The van der Waals surface area contributed by atoms with Crippen LogP contribution in [0.4, 0.5) is 0 Å². The van der Waals surface area contributed by atoms with Gasteiger partial charge in [-0.15, -0.1) is 24.0 Å². The molecule has 1 amide bonds. The van der Waals surface area contributed by atoms with Crippen molar-refractivity contribution >= 4 is 35.8 Å². The number of nitrogens with zero attached hydrogens (tertiary/aromatic N) is 2. The number of carbonyl (C=O) groups excluding carboxylic acids is 1. The van der Waals surface area contributed by atoms with Crippen LogP contribution in [-0.4, -0.2) is 60.7 Å². The lowest BCUT2D eigenvalue weighted by atomic mass is 9.88. The Hall–Kier alpha value is -0.570. The van der Waals surface area contributed by atoms with Gasteiger partial charge in [-0.3, -0.25) is 9.79 Å². The number of rotatable bonds is 7. The zero-order valence-electron chi connectivity index (χ0n) is 17.3. The van der Waals surface area contributed by atoms with E-state index >= 15 is 0 Å². The van der Waals surface area contributed by atoms with Crippen LogP contribution >= 0.6 is 24.0 Å². The summed E-state index contributed by atoms with van der Waals surface area (Å²) in [6.45, 7) is 9.33. The number of hydrogen-bond donors (Lipinski definition) is 3. The summed E-state index contributed by atoms with van der Waals surface area (Å²) in [5.74, 6) is 1.39. The molecule has 2 atom stereocenters. The van der Waals surface area contributed by atoms with Crippen molar-refractivity contribution in [3.05, 3.63) is 0 Å². The average Bonchev–Trinajstić information content (AvgIpc) is 3.14. The van der Waals surface area contributed by atoms with Crippen LogP contribution in [0.15, 0.2) is 4.99 Å². The molecule has 7 heteroatoms. The molecule has 3 N–H and O–H groups in total. The van der Waals surface area contributed by atoms with Crippen molar-refractivity contribution in [2.45, 2.75) is 71.8 Å². The molecule has 2 unspecified atom stereocenters. The van der Waals surface area contributed by atoms with Gasteiger partial charge in [-0.05, 0) is 32.6 Å². The Kier molecular flexibility index (Phi) is 11.0. The second-order valence-corrected chi connectivity index (χ2v) is 8.27. The third-order valence-electron chi connectivity index (χ3n) is 5.99. The SMILES string of the molecule is CCNC(=NCC(C)(CC)CO)NC1CCN(C(=O)C2CCCCC2)C1.I. The van der Waals surface area contributed by atoms with Gasteiger partial charge in [-0.1, -0.05) is 33.1 Å². The number of guanidine groups is 1. The number of aliphatic imine (C=N–C) groups is 1. The molecule has 0 radical (unpaired) electrons. The molecule has 0 aromatic heterocycles. The Morgan fingerprint density at radius 3 is 2.52 bits per heavy atom. The predicted octanol–water partition coefficient (Wildman–Crippen LogP) is 2.75. The Morgan fingerprint density at radius 2 is 1.93 bits per heavy atom.